The molecule has 152 valence electrons. The van der Waals surface area contributed by atoms with Gasteiger partial charge >= 0.3 is 5.97 Å². The number of hydrogen-bond acceptors (Lipinski definition) is 4. The number of carboxylic acid groups (broad SMARTS) is 1. The van der Waals surface area contributed by atoms with E-state index in [0.29, 0.717) is 30.1 Å². The molecule has 0 saturated heterocycles. The van der Waals surface area contributed by atoms with Crippen molar-refractivity contribution in [3.05, 3.63) is 23.2 Å². The number of carboxylic acids is 1. The highest BCUT2D eigenvalue weighted by atomic mass is 16.4. The first-order chi connectivity index (χ1) is 13.3. The summed E-state index contributed by atoms with van der Waals surface area (Å²) in [6.07, 6.45) is 8.73. The monoisotopic (exact) mass is 386 g/mol. The average molecular weight is 386 g/mol. The van der Waals surface area contributed by atoms with Crippen LogP contribution in [0, 0.1) is 30.1 Å². The Bertz CT molecular complexity index is 772. The second kappa shape index (κ2) is 7.37. The van der Waals surface area contributed by atoms with Crippen molar-refractivity contribution in [1.29, 1.82) is 0 Å². The number of rotatable bonds is 7. The Balaban J connectivity index is 1.36. The molecule has 0 aromatic carbocycles. The number of aryl methyl sites for hydroxylation is 2. The van der Waals surface area contributed by atoms with Gasteiger partial charge in [0.05, 0.1) is 12.1 Å². The molecule has 4 aliphatic rings. The zero-order valence-electron chi connectivity index (χ0n) is 16.8. The van der Waals surface area contributed by atoms with Crippen LogP contribution in [-0.4, -0.2) is 22.7 Å². The Hall–Kier alpha value is -2.11. The summed E-state index contributed by atoms with van der Waals surface area (Å²) in [7, 11) is 0. The molecule has 2 N–H and O–H groups in total. The number of carbonyl (C=O) groups is 2. The van der Waals surface area contributed by atoms with Gasteiger partial charge in [-0.2, -0.15) is 5.10 Å². The molecule has 6 nitrogen and oxygen atoms in total. The summed E-state index contributed by atoms with van der Waals surface area (Å²) < 4.78 is 5.63. The fourth-order valence-corrected chi connectivity index (χ4v) is 6.35. The number of aliphatic carboxylic acids is 1. The fraction of sp³-hybridized carbons (Fsp3) is 0.682. The Morgan fingerprint density at radius 1 is 1.21 bits per heavy atom. The third-order valence-corrected chi connectivity index (χ3v) is 6.99. The van der Waals surface area contributed by atoms with Crippen LogP contribution in [0.5, 0.6) is 0 Å². The molecule has 6 heteroatoms. The van der Waals surface area contributed by atoms with Gasteiger partial charge in [0.1, 0.15) is 11.5 Å². The highest BCUT2D eigenvalue weighted by Crippen LogP contribution is 2.61. The van der Waals surface area contributed by atoms with E-state index in [1.54, 1.807) is 0 Å². The highest BCUT2D eigenvalue weighted by molar-refractivity contribution is 6.00. The van der Waals surface area contributed by atoms with Crippen molar-refractivity contribution < 1.29 is 19.1 Å². The third kappa shape index (κ3) is 4.01. The van der Waals surface area contributed by atoms with Gasteiger partial charge in [0, 0.05) is 18.4 Å². The summed E-state index contributed by atoms with van der Waals surface area (Å²) in [6, 6.07) is 1.82. The predicted octanol–water partition coefficient (Wildman–Crippen LogP) is 4.05. The highest BCUT2D eigenvalue weighted by Gasteiger charge is 2.51. The van der Waals surface area contributed by atoms with Gasteiger partial charge in [0.25, 0.3) is 0 Å². The summed E-state index contributed by atoms with van der Waals surface area (Å²) >= 11 is 0. The molecule has 5 rings (SSSR count). The Morgan fingerprint density at radius 2 is 1.82 bits per heavy atom. The lowest BCUT2D eigenvalue weighted by molar-refractivity contribution is -0.137. The maximum absolute atomic E-state index is 12.6. The van der Waals surface area contributed by atoms with E-state index in [1.165, 1.54) is 38.5 Å². The van der Waals surface area contributed by atoms with Crippen LogP contribution in [0.2, 0.25) is 0 Å². The predicted molar refractivity (Wildman–Crippen MR) is 105 cm³/mol. The van der Waals surface area contributed by atoms with Crippen molar-refractivity contribution in [2.75, 3.05) is 0 Å². The zero-order valence-corrected chi connectivity index (χ0v) is 16.8. The van der Waals surface area contributed by atoms with E-state index in [4.69, 9.17) is 9.52 Å². The molecule has 28 heavy (non-hydrogen) atoms. The van der Waals surface area contributed by atoms with Crippen LogP contribution in [0.4, 0.5) is 0 Å². The second-order valence-corrected chi connectivity index (χ2v) is 9.40. The van der Waals surface area contributed by atoms with E-state index >= 15 is 0 Å². The topological polar surface area (TPSA) is 91.9 Å². The molecular weight excluding hydrogens is 356 g/mol. The number of nitrogens with zero attached hydrogens (tertiary/aromatic N) is 1. The van der Waals surface area contributed by atoms with Gasteiger partial charge < -0.3 is 9.52 Å². The molecular formula is C22H30N2O4. The van der Waals surface area contributed by atoms with Gasteiger partial charge in [-0.15, -0.1) is 0 Å². The first-order valence-electron chi connectivity index (χ1n) is 10.5. The van der Waals surface area contributed by atoms with E-state index in [-0.39, 0.29) is 17.7 Å². The summed E-state index contributed by atoms with van der Waals surface area (Å²) in [5, 5.41) is 13.1. The minimum Gasteiger partial charge on any atom is -0.481 e. The summed E-state index contributed by atoms with van der Waals surface area (Å²) in [5.74, 6) is 2.99. The number of carbonyl (C=O) groups excluding carboxylic acids is 1. The molecule has 1 aromatic heterocycles. The van der Waals surface area contributed by atoms with E-state index in [2.05, 4.69) is 10.5 Å². The van der Waals surface area contributed by atoms with Crippen molar-refractivity contribution in [1.82, 2.24) is 5.43 Å². The van der Waals surface area contributed by atoms with Crippen LogP contribution in [0.25, 0.3) is 0 Å². The maximum atomic E-state index is 12.6. The number of hydrazone groups is 1. The first-order valence-corrected chi connectivity index (χ1v) is 10.5. The molecule has 1 aromatic rings. The normalized spacial score (nSPS) is 31.2. The van der Waals surface area contributed by atoms with Crippen molar-refractivity contribution in [2.24, 2.45) is 28.3 Å². The summed E-state index contributed by atoms with van der Waals surface area (Å²) in [6.45, 7) is 3.67. The van der Waals surface area contributed by atoms with Gasteiger partial charge in [-0.1, -0.05) is 0 Å². The molecule has 4 fully saturated rings. The van der Waals surface area contributed by atoms with Crippen molar-refractivity contribution >= 4 is 17.6 Å². The quantitative estimate of drug-likeness (QED) is 0.546. The van der Waals surface area contributed by atoms with Gasteiger partial charge in [-0.25, -0.2) is 5.43 Å². The molecule has 0 atom stereocenters. The fourth-order valence-electron chi connectivity index (χ4n) is 6.35. The molecule has 4 bridgehead atoms. The van der Waals surface area contributed by atoms with Gasteiger partial charge in [0.15, 0.2) is 0 Å². The average Bonchev–Trinajstić information content (AvgIpc) is 2.97. The first kappa shape index (κ1) is 19.2. The second-order valence-electron chi connectivity index (χ2n) is 9.40. The minimum absolute atomic E-state index is 0.00792. The van der Waals surface area contributed by atoms with Crippen LogP contribution in [0.15, 0.2) is 15.6 Å². The summed E-state index contributed by atoms with van der Waals surface area (Å²) in [4.78, 5) is 23.3. The molecule has 0 radical (unpaired) electrons. The van der Waals surface area contributed by atoms with E-state index in [1.807, 2.05) is 19.9 Å². The smallest absolute Gasteiger partial charge is 0.303 e. The van der Waals surface area contributed by atoms with Crippen LogP contribution < -0.4 is 5.43 Å². The van der Waals surface area contributed by atoms with Gasteiger partial charge in [0.2, 0.25) is 5.91 Å². The summed E-state index contributed by atoms with van der Waals surface area (Å²) in [5.41, 5.74) is 4.46. The van der Waals surface area contributed by atoms with E-state index in [9.17, 15) is 9.59 Å². The minimum atomic E-state index is -0.849. The largest absolute Gasteiger partial charge is 0.481 e. The number of furan rings is 1. The lowest BCUT2D eigenvalue weighted by Gasteiger charge is -2.56. The van der Waals surface area contributed by atoms with Crippen molar-refractivity contribution in [3.8, 4) is 0 Å². The lowest BCUT2D eigenvalue weighted by atomic mass is 9.49. The lowest BCUT2D eigenvalue weighted by Crippen LogP contribution is -2.47. The molecule has 0 spiro atoms. The van der Waals surface area contributed by atoms with E-state index < -0.39 is 5.97 Å². The Labute approximate surface area is 165 Å². The SMILES string of the molecule is C/C(=N/NC(=O)CC12CC3CC(CC(C3)C1)C2)c1cc(CCC(=O)O)oc1C. The van der Waals surface area contributed by atoms with Crippen molar-refractivity contribution in [2.45, 2.75) is 71.6 Å². The molecule has 4 saturated carbocycles. The Kier molecular flexibility index (Phi) is 5.06. The molecule has 1 amide bonds. The molecule has 0 unspecified atom stereocenters. The van der Waals surface area contributed by atoms with Crippen molar-refractivity contribution in [3.63, 3.8) is 0 Å². The van der Waals surface area contributed by atoms with Crippen LogP contribution in [-0.2, 0) is 16.0 Å². The van der Waals surface area contributed by atoms with Crippen LogP contribution in [0.3, 0.4) is 0 Å². The number of hydrogen-bond donors (Lipinski definition) is 2. The zero-order chi connectivity index (χ0) is 19.9. The van der Waals surface area contributed by atoms with Crippen LogP contribution in [0.1, 0.15) is 75.4 Å². The number of amides is 1. The molecule has 1 heterocycles. The maximum Gasteiger partial charge on any atom is 0.303 e. The van der Waals surface area contributed by atoms with Gasteiger partial charge in [-0.3, -0.25) is 9.59 Å². The Morgan fingerprint density at radius 3 is 2.39 bits per heavy atom. The third-order valence-electron chi connectivity index (χ3n) is 6.99. The standard InChI is InChI=1S/C22H30N2O4/c1-13(19-8-18(28-14(19)2)3-4-21(26)27)23-24-20(25)12-22-9-15-5-16(10-22)7-17(6-15)11-22/h8,15-17H,3-7,9-12H2,1-2H3,(H,24,25)(H,26,27)/b23-13-. The molecule has 0 aliphatic heterocycles. The molecule has 4 aliphatic carbocycles. The number of nitrogens with one attached hydrogen (secondary N) is 1. The van der Waals surface area contributed by atoms with Gasteiger partial charge in [-0.05, 0) is 81.6 Å². The van der Waals surface area contributed by atoms with Crippen LogP contribution >= 0.6 is 0 Å². The van der Waals surface area contributed by atoms with E-state index in [0.717, 1.165) is 23.3 Å².